The van der Waals surface area contributed by atoms with Crippen molar-refractivity contribution in [3.63, 3.8) is 0 Å². The zero-order valence-corrected chi connectivity index (χ0v) is 17.5. The van der Waals surface area contributed by atoms with Crippen LogP contribution in [0, 0.1) is 0 Å². The maximum Gasteiger partial charge on any atom is 0.242 e. The fraction of sp³-hybridized carbons (Fsp3) is 0.286. The van der Waals surface area contributed by atoms with Gasteiger partial charge in [0.25, 0.3) is 0 Å². The molecule has 0 bridgehead atoms. The quantitative estimate of drug-likeness (QED) is 0.662. The zero-order chi connectivity index (χ0) is 20.3. The molecular formula is C21H26N4O2S. The lowest BCUT2D eigenvalue weighted by atomic mass is 10.1. The Morgan fingerprint density at radius 2 is 1.64 bits per heavy atom. The molecular weight excluding hydrogens is 372 g/mol. The normalized spacial score (nSPS) is 11.8. The van der Waals surface area contributed by atoms with E-state index in [1.807, 2.05) is 44.4 Å². The van der Waals surface area contributed by atoms with E-state index in [0.29, 0.717) is 11.4 Å². The summed E-state index contributed by atoms with van der Waals surface area (Å²) in [5.74, 6) is 0.828. The van der Waals surface area contributed by atoms with Gasteiger partial charge in [0.1, 0.15) is 5.82 Å². The third kappa shape index (κ3) is 4.26. The van der Waals surface area contributed by atoms with Gasteiger partial charge in [0.05, 0.1) is 10.4 Å². The van der Waals surface area contributed by atoms with Crippen molar-refractivity contribution in [2.75, 3.05) is 45.0 Å². The molecule has 148 valence electrons. The van der Waals surface area contributed by atoms with E-state index in [0.717, 1.165) is 34.4 Å². The summed E-state index contributed by atoms with van der Waals surface area (Å²) in [7, 11) is 3.72. The van der Waals surface area contributed by atoms with Gasteiger partial charge in [0, 0.05) is 51.9 Å². The molecule has 3 rings (SSSR count). The zero-order valence-electron chi connectivity index (χ0n) is 16.7. The molecule has 0 radical (unpaired) electrons. The molecule has 0 aliphatic rings. The number of hydrogen-bond donors (Lipinski definition) is 1. The average molecular weight is 399 g/mol. The number of sulfonamides is 1. The number of hydrogen-bond acceptors (Lipinski definition) is 5. The molecule has 7 heteroatoms. The van der Waals surface area contributed by atoms with E-state index >= 15 is 0 Å². The van der Waals surface area contributed by atoms with Gasteiger partial charge >= 0.3 is 0 Å². The third-order valence-corrected chi connectivity index (χ3v) is 6.43. The fourth-order valence-electron chi connectivity index (χ4n) is 2.99. The van der Waals surface area contributed by atoms with Crippen LogP contribution in [0.5, 0.6) is 0 Å². The summed E-state index contributed by atoms with van der Waals surface area (Å²) in [6, 6.07) is 17.2. The monoisotopic (exact) mass is 398 g/mol. The second kappa shape index (κ2) is 8.16. The van der Waals surface area contributed by atoms with Gasteiger partial charge in [0.15, 0.2) is 0 Å². The van der Waals surface area contributed by atoms with E-state index in [1.54, 1.807) is 12.1 Å². The van der Waals surface area contributed by atoms with Gasteiger partial charge in [-0.25, -0.2) is 17.7 Å². The molecule has 6 nitrogen and oxygen atoms in total. The van der Waals surface area contributed by atoms with Crippen LogP contribution in [0.25, 0.3) is 10.9 Å². The Morgan fingerprint density at radius 1 is 0.964 bits per heavy atom. The van der Waals surface area contributed by atoms with Crippen LogP contribution in [0.1, 0.15) is 5.56 Å². The molecule has 1 heterocycles. The molecule has 0 spiro atoms. The van der Waals surface area contributed by atoms with Gasteiger partial charge in [-0.1, -0.05) is 30.3 Å². The number of benzene rings is 2. The first-order chi connectivity index (χ1) is 13.3. The maximum atomic E-state index is 12.1. The molecule has 2 aromatic carbocycles. The highest BCUT2D eigenvalue weighted by molar-refractivity contribution is 7.89. The molecule has 0 saturated carbocycles. The molecule has 0 unspecified atom stereocenters. The molecule has 0 aliphatic heterocycles. The highest BCUT2D eigenvalue weighted by Crippen LogP contribution is 2.27. The number of aromatic nitrogens is 1. The predicted octanol–water partition coefficient (Wildman–Crippen LogP) is 3.21. The van der Waals surface area contributed by atoms with Gasteiger partial charge in [0.2, 0.25) is 10.0 Å². The minimum atomic E-state index is -3.39. The first-order valence-electron chi connectivity index (χ1n) is 9.11. The molecule has 0 saturated heterocycles. The Labute approximate surface area is 166 Å². The summed E-state index contributed by atoms with van der Waals surface area (Å²) in [5.41, 5.74) is 3.14. The van der Waals surface area contributed by atoms with Gasteiger partial charge in [-0.05, 0) is 30.2 Å². The van der Waals surface area contributed by atoms with Gasteiger partial charge < -0.3 is 10.2 Å². The Morgan fingerprint density at radius 3 is 2.29 bits per heavy atom. The van der Waals surface area contributed by atoms with Crippen molar-refractivity contribution in [1.29, 1.82) is 0 Å². The summed E-state index contributed by atoms with van der Waals surface area (Å²) in [5, 5.41) is 4.50. The second-order valence-electron chi connectivity index (χ2n) is 7.05. The topological polar surface area (TPSA) is 65.5 Å². The Kier molecular flexibility index (Phi) is 5.86. The third-order valence-electron chi connectivity index (χ3n) is 4.60. The number of anilines is 2. The van der Waals surface area contributed by atoms with E-state index < -0.39 is 10.0 Å². The van der Waals surface area contributed by atoms with E-state index in [1.165, 1.54) is 18.4 Å². The van der Waals surface area contributed by atoms with Crippen molar-refractivity contribution in [3.05, 3.63) is 60.2 Å². The van der Waals surface area contributed by atoms with Crippen molar-refractivity contribution in [2.24, 2.45) is 0 Å². The van der Waals surface area contributed by atoms with Crippen LogP contribution in [0.2, 0.25) is 0 Å². The molecule has 0 aliphatic carbocycles. The number of nitrogens with one attached hydrogen (secondary N) is 1. The summed E-state index contributed by atoms with van der Waals surface area (Å²) in [6.07, 6.45) is 0.772. The number of nitrogens with zero attached hydrogens (tertiary/aromatic N) is 3. The van der Waals surface area contributed by atoms with Crippen molar-refractivity contribution in [2.45, 2.75) is 11.3 Å². The number of rotatable bonds is 7. The standard InChI is InChI=1S/C21H26N4O2S/c1-24(2)20-15-21(23-19-8-6-5-7-18(19)20)22-14-13-16-9-11-17(12-10-16)28(26,27)25(3)4/h5-12,15H,13-14H2,1-4H3,(H,22,23). The molecule has 3 aromatic rings. The lowest BCUT2D eigenvalue weighted by Gasteiger charge is -2.17. The van der Waals surface area contributed by atoms with Crippen LogP contribution in [0.3, 0.4) is 0 Å². The van der Waals surface area contributed by atoms with Gasteiger partial charge in [-0.15, -0.1) is 0 Å². The Bertz CT molecular complexity index is 1060. The highest BCUT2D eigenvalue weighted by atomic mass is 32.2. The van der Waals surface area contributed by atoms with E-state index in [-0.39, 0.29) is 0 Å². The molecule has 1 aromatic heterocycles. The van der Waals surface area contributed by atoms with Crippen molar-refractivity contribution in [1.82, 2.24) is 9.29 Å². The average Bonchev–Trinajstić information content (AvgIpc) is 2.67. The van der Waals surface area contributed by atoms with Crippen LogP contribution in [-0.2, 0) is 16.4 Å². The minimum Gasteiger partial charge on any atom is -0.377 e. The molecule has 28 heavy (non-hydrogen) atoms. The highest BCUT2D eigenvalue weighted by Gasteiger charge is 2.16. The summed E-state index contributed by atoms with van der Waals surface area (Å²) in [6.45, 7) is 0.706. The number of fused-ring (bicyclic) bond motifs is 1. The maximum absolute atomic E-state index is 12.1. The van der Waals surface area contributed by atoms with E-state index in [9.17, 15) is 8.42 Å². The van der Waals surface area contributed by atoms with Crippen LogP contribution < -0.4 is 10.2 Å². The van der Waals surface area contributed by atoms with E-state index in [4.69, 9.17) is 4.98 Å². The molecule has 0 fully saturated rings. The van der Waals surface area contributed by atoms with Crippen LogP contribution >= 0.6 is 0 Å². The Hall–Kier alpha value is -2.64. The molecule has 0 atom stereocenters. The minimum absolute atomic E-state index is 0.307. The van der Waals surface area contributed by atoms with Gasteiger partial charge in [-0.3, -0.25) is 0 Å². The lowest BCUT2D eigenvalue weighted by molar-refractivity contribution is 0.520. The smallest absolute Gasteiger partial charge is 0.242 e. The first-order valence-corrected chi connectivity index (χ1v) is 10.6. The summed E-state index contributed by atoms with van der Waals surface area (Å²) >= 11 is 0. The number of pyridine rings is 1. The fourth-order valence-corrected chi connectivity index (χ4v) is 3.89. The first kappa shape index (κ1) is 20.1. The van der Waals surface area contributed by atoms with Crippen molar-refractivity contribution >= 4 is 32.4 Å². The van der Waals surface area contributed by atoms with Crippen molar-refractivity contribution < 1.29 is 8.42 Å². The summed E-state index contributed by atoms with van der Waals surface area (Å²) < 4.78 is 25.5. The predicted molar refractivity (Wildman–Crippen MR) is 116 cm³/mol. The van der Waals surface area contributed by atoms with Gasteiger partial charge in [-0.2, -0.15) is 0 Å². The van der Waals surface area contributed by atoms with Crippen molar-refractivity contribution in [3.8, 4) is 0 Å². The van der Waals surface area contributed by atoms with E-state index in [2.05, 4.69) is 22.3 Å². The molecule has 0 amide bonds. The van der Waals surface area contributed by atoms with Crippen LogP contribution in [0.15, 0.2) is 59.5 Å². The number of para-hydroxylation sites is 1. The Balaban J connectivity index is 1.70. The second-order valence-corrected chi connectivity index (χ2v) is 9.20. The largest absolute Gasteiger partial charge is 0.377 e. The van der Waals surface area contributed by atoms with Crippen LogP contribution in [0.4, 0.5) is 11.5 Å². The SMILES string of the molecule is CN(C)c1cc(NCCc2ccc(S(=O)(=O)N(C)C)cc2)nc2ccccc12. The summed E-state index contributed by atoms with van der Waals surface area (Å²) in [4.78, 5) is 7.08. The van der Waals surface area contributed by atoms with Crippen LogP contribution in [-0.4, -0.2) is 52.4 Å². The lowest BCUT2D eigenvalue weighted by Crippen LogP contribution is -2.22. The molecule has 1 N–H and O–H groups in total.